The minimum absolute atomic E-state index is 0.240. The summed E-state index contributed by atoms with van der Waals surface area (Å²) in [6, 6.07) is 7.76. The molecule has 0 radical (unpaired) electrons. The van der Waals surface area contributed by atoms with Crippen molar-refractivity contribution < 1.29 is 8.42 Å². The van der Waals surface area contributed by atoms with Gasteiger partial charge in [0.2, 0.25) is 0 Å². The molecule has 0 aliphatic rings. The Hall–Kier alpha value is -0.580. The molecule has 0 spiro atoms. The quantitative estimate of drug-likeness (QED) is 0.803. The Bertz CT molecular complexity index is 488. The zero-order chi connectivity index (χ0) is 14.3. The van der Waals surface area contributed by atoms with Gasteiger partial charge in [-0.15, -0.1) is 0 Å². The van der Waals surface area contributed by atoms with Crippen LogP contribution in [0.1, 0.15) is 18.9 Å². The summed E-state index contributed by atoms with van der Waals surface area (Å²) in [6.45, 7) is 3.77. The number of hydrogen-bond donors (Lipinski definition) is 1. The van der Waals surface area contributed by atoms with Gasteiger partial charge in [-0.3, -0.25) is 0 Å². The van der Waals surface area contributed by atoms with Crippen molar-refractivity contribution in [3.05, 3.63) is 34.9 Å². The topological polar surface area (TPSA) is 46.2 Å². The first kappa shape index (κ1) is 16.5. The van der Waals surface area contributed by atoms with Crippen LogP contribution in [0.25, 0.3) is 0 Å². The molecule has 0 aliphatic heterocycles. The number of rotatable bonds is 8. The molecule has 0 aliphatic carbocycles. The third kappa shape index (κ3) is 7.55. The summed E-state index contributed by atoms with van der Waals surface area (Å²) in [6.07, 6.45) is 2.82. The number of nitrogens with one attached hydrogen (secondary N) is 1. The Kier molecular flexibility index (Phi) is 6.83. The highest BCUT2D eigenvalue weighted by atomic mass is 35.5. The molecule has 0 aromatic heterocycles. The van der Waals surface area contributed by atoms with E-state index in [4.69, 9.17) is 11.6 Å². The number of benzene rings is 1. The molecule has 0 bridgehead atoms. The fourth-order valence-corrected chi connectivity index (χ4v) is 2.98. The highest BCUT2D eigenvalue weighted by Gasteiger charge is 2.13. The van der Waals surface area contributed by atoms with Crippen molar-refractivity contribution in [3.8, 4) is 0 Å². The Morgan fingerprint density at radius 2 is 2.11 bits per heavy atom. The van der Waals surface area contributed by atoms with Crippen molar-refractivity contribution in [3.63, 3.8) is 0 Å². The second-order valence-electron chi connectivity index (χ2n) is 4.93. The first-order chi connectivity index (χ1) is 8.90. The van der Waals surface area contributed by atoms with Crippen LogP contribution in [0.4, 0.5) is 0 Å². The average Bonchev–Trinajstić information content (AvgIpc) is 2.31. The zero-order valence-electron chi connectivity index (χ0n) is 11.5. The van der Waals surface area contributed by atoms with Crippen molar-refractivity contribution >= 4 is 21.4 Å². The van der Waals surface area contributed by atoms with Crippen molar-refractivity contribution in [2.45, 2.75) is 19.8 Å². The molecule has 1 rings (SSSR count). The third-order valence-corrected chi connectivity index (χ3v) is 4.21. The van der Waals surface area contributed by atoms with Crippen LogP contribution in [-0.2, 0) is 16.3 Å². The van der Waals surface area contributed by atoms with E-state index in [2.05, 4.69) is 5.32 Å². The van der Waals surface area contributed by atoms with Crippen LogP contribution < -0.4 is 5.32 Å². The molecule has 3 nitrogen and oxygen atoms in total. The number of sulfone groups is 1. The molecule has 1 aromatic carbocycles. The van der Waals surface area contributed by atoms with E-state index in [1.165, 1.54) is 6.26 Å². The van der Waals surface area contributed by atoms with Crippen LogP contribution in [0.5, 0.6) is 0 Å². The van der Waals surface area contributed by atoms with Crippen LogP contribution in [0.2, 0.25) is 5.02 Å². The summed E-state index contributed by atoms with van der Waals surface area (Å²) in [5, 5.41) is 4.02. The Morgan fingerprint density at radius 1 is 1.37 bits per heavy atom. The summed E-state index contributed by atoms with van der Waals surface area (Å²) in [5.74, 6) is 0.553. The first-order valence-corrected chi connectivity index (χ1v) is 8.97. The smallest absolute Gasteiger partial charge is 0.147 e. The summed E-state index contributed by atoms with van der Waals surface area (Å²) in [5.41, 5.74) is 1.16. The third-order valence-electron chi connectivity index (χ3n) is 2.99. The molecule has 0 fully saturated rings. The predicted molar refractivity (Wildman–Crippen MR) is 81.5 cm³/mol. The number of halogens is 1. The highest BCUT2D eigenvalue weighted by molar-refractivity contribution is 7.90. The van der Waals surface area contributed by atoms with Crippen molar-refractivity contribution in [1.29, 1.82) is 0 Å². The van der Waals surface area contributed by atoms with Gasteiger partial charge in [0.05, 0.1) is 5.75 Å². The van der Waals surface area contributed by atoms with Gasteiger partial charge in [0, 0.05) is 11.3 Å². The van der Waals surface area contributed by atoms with E-state index in [0.717, 1.165) is 30.1 Å². The lowest BCUT2D eigenvalue weighted by Gasteiger charge is -2.17. The minimum Gasteiger partial charge on any atom is -0.317 e. The van der Waals surface area contributed by atoms with Crippen molar-refractivity contribution in [2.24, 2.45) is 5.92 Å². The van der Waals surface area contributed by atoms with E-state index in [0.29, 0.717) is 12.3 Å². The van der Waals surface area contributed by atoms with E-state index in [-0.39, 0.29) is 5.75 Å². The van der Waals surface area contributed by atoms with Gasteiger partial charge in [0.1, 0.15) is 9.84 Å². The molecule has 5 heteroatoms. The largest absolute Gasteiger partial charge is 0.317 e. The summed E-state index contributed by atoms with van der Waals surface area (Å²) >= 11 is 5.97. The van der Waals surface area contributed by atoms with Gasteiger partial charge in [0.15, 0.2) is 0 Å². The molecule has 0 saturated carbocycles. The summed E-state index contributed by atoms with van der Waals surface area (Å²) in [4.78, 5) is 0. The fourth-order valence-electron chi connectivity index (χ4n) is 2.00. The molecule has 0 amide bonds. The minimum atomic E-state index is -2.90. The van der Waals surface area contributed by atoms with E-state index < -0.39 is 9.84 Å². The second kappa shape index (κ2) is 7.88. The summed E-state index contributed by atoms with van der Waals surface area (Å²) in [7, 11) is -2.90. The molecular formula is C14H22ClNO2S. The van der Waals surface area contributed by atoms with Crippen molar-refractivity contribution in [2.75, 3.05) is 25.1 Å². The normalized spacial score (nSPS) is 13.4. The van der Waals surface area contributed by atoms with E-state index in [9.17, 15) is 8.42 Å². The van der Waals surface area contributed by atoms with Crippen molar-refractivity contribution in [1.82, 2.24) is 5.32 Å². The van der Waals surface area contributed by atoms with E-state index in [1.54, 1.807) is 0 Å². The molecule has 1 unspecified atom stereocenters. The Morgan fingerprint density at radius 3 is 2.68 bits per heavy atom. The molecule has 0 heterocycles. The van der Waals surface area contributed by atoms with Gasteiger partial charge in [-0.05, 0) is 49.5 Å². The van der Waals surface area contributed by atoms with Gasteiger partial charge in [-0.25, -0.2) is 8.42 Å². The van der Waals surface area contributed by atoms with Crippen LogP contribution in [0.3, 0.4) is 0 Å². The monoisotopic (exact) mass is 303 g/mol. The maximum Gasteiger partial charge on any atom is 0.147 e. The van der Waals surface area contributed by atoms with Crippen LogP contribution in [-0.4, -0.2) is 33.5 Å². The average molecular weight is 304 g/mol. The van der Waals surface area contributed by atoms with Crippen LogP contribution >= 0.6 is 11.6 Å². The second-order valence-corrected chi connectivity index (χ2v) is 7.62. The summed E-state index contributed by atoms with van der Waals surface area (Å²) < 4.78 is 22.5. The molecule has 108 valence electrons. The standard InChI is InChI=1S/C14H22ClNO2S/c1-3-16-11-13(7-8-19(2,17)18)9-12-5-4-6-14(15)10-12/h4-6,10,13,16H,3,7-9,11H2,1-2H3. The molecular weight excluding hydrogens is 282 g/mol. The molecule has 0 saturated heterocycles. The van der Waals surface area contributed by atoms with Crippen LogP contribution in [0.15, 0.2) is 24.3 Å². The molecule has 1 N–H and O–H groups in total. The Balaban J connectivity index is 2.63. The molecule has 1 aromatic rings. The number of hydrogen-bond acceptors (Lipinski definition) is 3. The first-order valence-electron chi connectivity index (χ1n) is 6.53. The molecule has 1 atom stereocenters. The van der Waals surface area contributed by atoms with E-state index >= 15 is 0 Å². The van der Waals surface area contributed by atoms with Gasteiger partial charge in [-0.1, -0.05) is 30.7 Å². The predicted octanol–water partition coefficient (Wildman–Crippen LogP) is 2.54. The SMILES string of the molecule is CCNCC(CCS(C)(=O)=O)Cc1cccc(Cl)c1. The maximum absolute atomic E-state index is 11.3. The maximum atomic E-state index is 11.3. The zero-order valence-corrected chi connectivity index (χ0v) is 13.1. The van der Waals surface area contributed by atoms with E-state index in [1.807, 2.05) is 31.2 Å². The van der Waals surface area contributed by atoms with Gasteiger partial charge < -0.3 is 5.32 Å². The Labute approximate surface area is 121 Å². The van der Waals surface area contributed by atoms with Gasteiger partial charge >= 0.3 is 0 Å². The lowest BCUT2D eigenvalue weighted by molar-refractivity contribution is 0.465. The fraction of sp³-hybridized carbons (Fsp3) is 0.571. The van der Waals surface area contributed by atoms with Crippen LogP contribution in [0, 0.1) is 5.92 Å². The lowest BCUT2D eigenvalue weighted by Crippen LogP contribution is -2.26. The molecule has 19 heavy (non-hydrogen) atoms. The lowest BCUT2D eigenvalue weighted by atomic mass is 9.97. The highest BCUT2D eigenvalue weighted by Crippen LogP contribution is 2.16. The van der Waals surface area contributed by atoms with Gasteiger partial charge in [0.25, 0.3) is 0 Å². The van der Waals surface area contributed by atoms with Gasteiger partial charge in [-0.2, -0.15) is 0 Å².